The lowest BCUT2D eigenvalue weighted by atomic mass is 9.98. The molecule has 0 radical (unpaired) electrons. The molecule has 1 aliphatic heterocycles. The maximum absolute atomic E-state index is 14.5. The highest BCUT2D eigenvalue weighted by molar-refractivity contribution is 6.42. The molecule has 1 aliphatic rings. The average molecular weight is 403 g/mol. The number of halogens is 4. The summed E-state index contributed by atoms with van der Waals surface area (Å²) in [6, 6.07) is 17.6. The quantitative estimate of drug-likeness (QED) is 0.480. The summed E-state index contributed by atoms with van der Waals surface area (Å²) in [6.45, 7) is 0. The van der Waals surface area contributed by atoms with Gasteiger partial charge in [-0.25, -0.2) is 8.78 Å². The van der Waals surface area contributed by atoms with Crippen LogP contribution in [-0.4, -0.2) is 5.71 Å². The van der Waals surface area contributed by atoms with Crippen molar-refractivity contribution in [1.82, 2.24) is 0 Å². The molecule has 0 saturated carbocycles. The van der Waals surface area contributed by atoms with E-state index in [1.54, 1.807) is 53.5 Å². The van der Waals surface area contributed by atoms with Crippen LogP contribution in [0.2, 0.25) is 10.0 Å². The fourth-order valence-electron chi connectivity index (χ4n) is 3.18. The van der Waals surface area contributed by atoms with Gasteiger partial charge in [-0.1, -0.05) is 53.5 Å². The number of hydrogen-bond donors (Lipinski definition) is 0. The Kier molecular flexibility index (Phi) is 4.85. The highest BCUT2D eigenvalue weighted by Crippen LogP contribution is 2.39. The molecule has 1 atom stereocenters. The van der Waals surface area contributed by atoms with Crippen LogP contribution in [0.5, 0.6) is 0 Å². The van der Waals surface area contributed by atoms with Crippen molar-refractivity contribution in [3.05, 3.63) is 99.5 Å². The average Bonchev–Trinajstić information content (AvgIpc) is 3.10. The molecule has 0 amide bonds. The van der Waals surface area contributed by atoms with Gasteiger partial charge in [0.2, 0.25) is 0 Å². The van der Waals surface area contributed by atoms with Crippen LogP contribution in [0.1, 0.15) is 23.6 Å². The van der Waals surface area contributed by atoms with Gasteiger partial charge >= 0.3 is 0 Å². The number of hydrogen-bond acceptors (Lipinski definition) is 2. The molecule has 0 unspecified atom stereocenters. The second-order valence-corrected chi connectivity index (χ2v) is 7.05. The number of benzene rings is 3. The van der Waals surface area contributed by atoms with Crippen molar-refractivity contribution < 1.29 is 8.78 Å². The Morgan fingerprint density at radius 2 is 1.63 bits per heavy atom. The molecule has 0 spiro atoms. The third-order valence-electron chi connectivity index (χ3n) is 4.52. The summed E-state index contributed by atoms with van der Waals surface area (Å²) in [5.41, 5.74) is 2.77. The molecule has 0 aromatic heterocycles. The first-order valence-electron chi connectivity index (χ1n) is 8.35. The van der Waals surface area contributed by atoms with Crippen molar-refractivity contribution in [3.8, 4) is 0 Å². The molecule has 3 aromatic rings. The van der Waals surface area contributed by atoms with Crippen LogP contribution in [0.3, 0.4) is 0 Å². The zero-order valence-corrected chi connectivity index (χ0v) is 15.6. The molecule has 1 heterocycles. The first-order chi connectivity index (χ1) is 13.0. The minimum atomic E-state index is -0.344. The number of nitrogens with zero attached hydrogens (tertiary/aromatic N) is 2. The molecule has 0 saturated heterocycles. The molecule has 0 bridgehead atoms. The van der Waals surface area contributed by atoms with E-state index in [1.807, 2.05) is 0 Å². The Labute approximate surface area is 165 Å². The smallest absolute Gasteiger partial charge is 0.128 e. The highest BCUT2D eigenvalue weighted by Gasteiger charge is 2.31. The molecule has 3 aromatic carbocycles. The fourth-order valence-corrected chi connectivity index (χ4v) is 3.47. The topological polar surface area (TPSA) is 15.6 Å². The maximum atomic E-state index is 14.5. The standard InChI is InChI=1S/C21H14Cl2F2N2/c22-17-10-9-15(11-18(17)23)27-21(16-3-1-2-4-19(16)25)12-20(26-27)13-5-7-14(24)8-6-13/h1-11,21H,12H2/t21-/m0/s1. The van der Waals surface area contributed by atoms with Crippen molar-refractivity contribution in [2.24, 2.45) is 5.10 Å². The first kappa shape index (κ1) is 18.0. The second kappa shape index (κ2) is 7.29. The van der Waals surface area contributed by atoms with Crippen molar-refractivity contribution in [1.29, 1.82) is 0 Å². The molecule has 0 aliphatic carbocycles. The third kappa shape index (κ3) is 3.55. The van der Waals surface area contributed by atoms with Gasteiger partial charge in [0.1, 0.15) is 11.6 Å². The summed E-state index contributed by atoms with van der Waals surface area (Å²) in [5, 5.41) is 7.25. The Morgan fingerprint density at radius 3 is 2.33 bits per heavy atom. The SMILES string of the molecule is Fc1ccc(C2=NN(c3ccc(Cl)c(Cl)c3)[C@H](c3ccccc3F)C2)cc1. The van der Waals surface area contributed by atoms with Crippen LogP contribution in [-0.2, 0) is 0 Å². The van der Waals surface area contributed by atoms with Gasteiger partial charge in [-0.3, -0.25) is 5.01 Å². The van der Waals surface area contributed by atoms with E-state index in [9.17, 15) is 8.78 Å². The molecule has 6 heteroatoms. The molecule has 0 N–H and O–H groups in total. The molecule has 0 fully saturated rings. The lowest BCUT2D eigenvalue weighted by Gasteiger charge is -2.24. The second-order valence-electron chi connectivity index (χ2n) is 6.24. The first-order valence-corrected chi connectivity index (χ1v) is 9.10. The number of anilines is 1. The molecule has 4 rings (SSSR count). The Morgan fingerprint density at radius 1 is 0.889 bits per heavy atom. The van der Waals surface area contributed by atoms with Gasteiger partial charge in [0.15, 0.2) is 0 Å². The van der Waals surface area contributed by atoms with E-state index >= 15 is 0 Å². The van der Waals surface area contributed by atoms with Gasteiger partial charge in [0, 0.05) is 12.0 Å². The maximum Gasteiger partial charge on any atom is 0.128 e. The van der Waals surface area contributed by atoms with E-state index in [4.69, 9.17) is 23.2 Å². The monoisotopic (exact) mass is 402 g/mol. The van der Waals surface area contributed by atoms with Gasteiger partial charge in [-0.2, -0.15) is 5.10 Å². The zero-order valence-electron chi connectivity index (χ0n) is 14.0. The van der Waals surface area contributed by atoms with E-state index < -0.39 is 0 Å². The summed E-state index contributed by atoms with van der Waals surface area (Å²) in [6.07, 6.45) is 0.479. The summed E-state index contributed by atoms with van der Waals surface area (Å²) in [5.74, 6) is -0.618. The Bertz CT molecular complexity index is 1020. The molecule has 27 heavy (non-hydrogen) atoms. The zero-order chi connectivity index (χ0) is 19.0. The van der Waals surface area contributed by atoms with Gasteiger partial charge in [-0.15, -0.1) is 0 Å². The van der Waals surface area contributed by atoms with Crippen molar-refractivity contribution in [3.63, 3.8) is 0 Å². The number of rotatable bonds is 3. The summed E-state index contributed by atoms with van der Waals surface area (Å²) in [4.78, 5) is 0. The lowest BCUT2D eigenvalue weighted by molar-refractivity contribution is 0.579. The normalized spacial score (nSPS) is 16.5. The summed E-state index contributed by atoms with van der Waals surface area (Å²) in [7, 11) is 0. The predicted octanol–water partition coefficient (Wildman–Crippen LogP) is 6.63. The van der Waals surface area contributed by atoms with Gasteiger partial charge in [0.25, 0.3) is 0 Å². The number of hydrazone groups is 1. The van der Waals surface area contributed by atoms with Gasteiger partial charge in [-0.05, 0) is 42.0 Å². The summed E-state index contributed by atoms with van der Waals surface area (Å²) < 4.78 is 27.7. The minimum Gasteiger partial charge on any atom is -0.257 e. The van der Waals surface area contributed by atoms with E-state index in [-0.39, 0.29) is 17.7 Å². The van der Waals surface area contributed by atoms with Crippen molar-refractivity contribution in [2.75, 3.05) is 5.01 Å². The fraction of sp³-hybridized carbons (Fsp3) is 0.0952. The van der Waals surface area contributed by atoms with E-state index in [1.165, 1.54) is 18.2 Å². The van der Waals surface area contributed by atoms with E-state index in [0.717, 1.165) is 11.3 Å². The van der Waals surface area contributed by atoms with Crippen LogP contribution in [0.4, 0.5) is 14.5 Å². The lowest BCUT2D eigenvalue weighted by Crippen LogP contribution is -2.19. The highest BCUT2D eigenvalue weighted by atomic mass is 35.5. The van der Waals surface area contributed by atoms with E-state index in [0.29, 0.717) is 27.7 Å². The van der Waals surface area contributed by atoms with Crippen LogP contribution in [0, 0.1) is 11.6 Å². The van der Waals surface area contributed by atoms with Crippen molar-refractivity contribution in [2.45, 2.75) is 12.5 Å². The van der Waals surface area contributed by atoms with Gasteiger partial charge < -0.3 is 0 Å². The van der Waals surface area contributed by atoms with Crippen LogP contribution in [0.25, 0.3) is 0 Å². The minimum absolute atomic E-state index is 0.303. The van der Waals surface area contributed by atoms with Crippen LogP contribution < -0.4 is 5.01 Å². The van der Waals surface area contributed by atoms with Gasteiger partial charge in [0.05, 0.1) is 27.5 Å². The Hall–Kier alpha value is -2.43. The van der Waals surface area contributed by atoms with E-state index in [2.05, 4.69) is 5.10 Å². The molecular weight excluding hydrogens is 389 g/mol. The van der Waals surface area contributed by atoms with Crippen LogP contribution >= 0.6 is 23.2 Å². The third-order valence-corrected chi connectivity index (χ3v) is 5.26. The Balaban J connectivity index is 1.79. The molecular formula is C21H14Cl2F2N2. The predicted molar refractivity (Wildman–Crippen MR) is 106 cm³/mol. The molecule has 136 valence electrons. The largest absolute Gasteiger partial charge is 0.257 e. The van der Waals surface area contributed by atoms with Crippen LogP contribution in [0.15, 0.2) is 71.8 Å². The summed E-state index contributed by atoms with van der Waals surface area (Å²) >= 11 is 12.2. The molecule has 2 nitrogen and oxygen atoms in total. The van der Waals surface area contributed by atoms with Crippen molar-refractivity contribution >= 4 is 34.6 Å².